The van der Waals surface area contributed by atoms with E-state index in [-0.39, 0.29) is 5.82 Å². The molecule has 0 radical (unpaired) electrons. The van der Waals surface area contributed by atoms with Crippen LogP contribution in [0.5, 0.6) is 0 Å². The average molecular weight is 321 g/mol. The predicted molar refractivity (Wildman–Crippen MR) is 94.7 cm³/mol. The van der Waals surface area contributed by atoms with Crippen molar-refractivity contribution in [1.82, 2.24) is 4.98 Å². The fourth-order valence-electron chi connectivity index (χ4n) is 3.56. The zero-order valence-corrected chi connectivity index (χ0v) is 13.8. The third-order valence-corrected chi connectivity index (χ3v) is 4.82. The smallest absolute Gasteiger partial charge is 0.123 e. The molecule has 4 rings (SSSR count). The van der Waals surface area contributed by atoms with Gasteiger partial charge in [0.15, 0.2) is 0 Å². The van der Waals surface area contributed by atoms with E-state index in [4.69, 9.17) is 9.72 Å². The highest BCUT2D eigenvalue weighted by atomic mass is 19.1. The molecule has 3 aromatic rings. The van der Waals surface area contributed by atoms with E-state index in [2.05, 4.69) is 25.1 Å². The Hall–Kier alpha value is -2.26. The molecule has 0 bridgehead atoms. The standard InChI is InChI=1S/C21H20FNO/c1-14-2-7-19-17(12-14)13-23-21(16-8-10-24-11-9-16)20(19)15-3-5-18(22)6-4-15/h2-7,12-13,16H,8-11H2,1H3. The summed E-state index contributed by atoms with van der Waals surface area (Å²) >= 11 is 0. The van der Waals surface area contributed by atoms with Crippen molar-refractivity contribution in [2.75, 3.05) is 13.2 Å². The van der Waals surface area contributed by atoms with Crippen molar-refractivity contribution >= 4 is 10.8 Å². The summed E-state index contributed by atoms with van der Waals surface area (Å²) < 4.78 is 18.9. The van der Waals surface area contributed by atoms with Crippen molar-refractivity contribution < 1.29 is 9.13 Å². The van der Waals surface area contributed by atoms with Crippen molar-refractivity contribution in [1.29, 1.82) is 0 Å². The van der Waals surface area contributed by atoms with E-state index in [0.29, 0.717) is 5.92 Å². The third-order valence-electron chi connectivity index (χ3n) is 4.82. The maximum Gasteiger partial charge on any atom is 0.123 e. The lowest BCUT2D eigenvalue weighted by Gasteiger charge is -2.24. The summed E-state index contributed by atoms with van der Waals surface area (Å²) in [5.41, 5.74) is 4.49. The van der Waals surface area contributed by atoms with Crippen LogP contribution in [0.4, 0.5) is 4.39 Å². The molecule has 2 heterocycles. The van der Waals surface area contributed by atoms with Crippen LogP contribution in [-0.4, -0.2) is 18.2 Å². The number of halogens is 1. The van der Waals surface area contributed by atoms with Gasteiger partial charge in [-0.15, -0.1) is 0 Å². The van der Waals surface area contributed by atoms with Gasteiger partial charge in [0.1, 0.15) is 5.82 Å². The number of aryl methyl sites for hydroxylation is 1. The summed E-state index contributed by atoms with van der Waals surface area (Å²) in [5, 5.41) is 2.31. The van der Waals surface area contributed by atoms with Crippen LogP contribution in [0.2, 0.25) is 0 Å². The van der Waals surface area contributed by atoms with Gasteiger partial charge in [-0.05, 0) is 48.9 Å². The average Bonchev–Trinajstić information content (AvgIpc) is 2.62. The lowest BCUT2D eigenvalue weighted by Crippen LogP contribution is -2.16. The van der Waals surface area contributed by atoms with Gasteiger partial charge in [0.25, 0.3) is 0 Å². The molecule has 0 unspecified atom stereocenters. The van der Waals surface area contributed by atoms with Crippen LogP contribution in [0.25, 0.3) is 21.9 Å². The number of aromatic nitrogens is 1. The molecule has 1 aliphatic heterocycles. The first kappa shape index (κ1) is 15.3. The summed E-state index contributed by atoms with van der Waals surface area (Å²) in [4.78, 5) is 4.82. The molecule has 0 amide bonds. The summed E-state index contributed by atoms with van der Waals surface area (Å²) in [5.74, 6) is 0.180. The van der Waals surface area contributed by atoms with Crippen LogP contribution in [-0.2, 0) is 4.74 Å². The summed E-state index contributed by atoms with van der Waals surface area (Å²) in [6, 6.07) is 13.2. The van der Waals surface area contributed by atoms with E-state index in [1.54, 1.807) is 0 Å². The highest BCUT2D eigenvalue weighted by Crippen LogP contribution is 2.38. The quantitative estimate of drug-likeness (QED) is 0.643. The monoisotopic (exact) mass is 321 g/mol. The number of pyridine rings is 1. The minimum absolute atomic E-state index is 0.213. The summed E-state index contributed by atoms with van der Waals surface area (Å²) in [6.07, 6.45) is 3.94. The second kappa shape index (κ2) is 6.33. The zero-order valence-electron chi connectivity index (χ0n) is 13.8. The minimum Gasteiger partial charge on any atom is -0.381 e. The number of rotatable bonds is 2. The molecule has 0 aliphatic carbocycles. The molecule has 0 spiro atoms. The molecular formula is C21H20FNO. The fraction of sp³-hybridized carbons (Fsp3) is 0.286. The van der Waals surface area contributed by atoms with Gasteiger partial charge in [0.2, 0.25) is 0 Å². The Balaban J connectivity index is 1.95. The third kappa shape index (κ3) is 2.80. The Morgan fingerprint density at radius 3 is 2.54 bits per heavy atom. The summed E-state index contributed by atoms with van der Waals surface area (Å²) in [7, 11) is 0. The number of benzene rings is 2. The number of ether oxygens (including phenoxy) is 1. The van der Waals surface area contributed by atoms with Crippen LogP contribution in [0, 0.1) is 12.7 Å². The zero-order chi connectivity index (χ0) is 16.5. The van der Waals surface area contributed by atoms with Crippen LogP contribution >= 0.6 is 0 Å². The van der Waals surface area contributed by atoms with Crippen molar-refractivity contribution in [3.8, 4) is 11.1 Å². The Bertz CT molecular complexity index is 867. The highest BCUT2D eigenvalue weighted by molar-refractivity contribution is 5.97. The van der Waals surface area contributed by atoms with Crippen LogP contribution in [0.1, 0.15) is 30.0 Å². The maximum absolute atomic E-state index is 13.4. The maximum atomic E-state index is 13.4. The molecule has 0 N–H and O–H groups in total. The van der Waals surface area contributed by atoms with Gasteiger partial charge in [0, 0.05) is 36.3 Å². The van der Waals surface area contributed by atoms with Crippen molar-refractivity contribution in [2.24, 2.45) is 0 Å². The van der Waals surface area contributed by atoms with Crippen LogP contribution in [0.3, 0.4) is 0 Å². The second-order valence-corrected chi connectivity index (χ2v) is 6.50. The topological polar surface area (TPSA) is 22.1 Å². The Kier molecular flexibility index (Phi) is 4.03. The number of fused-ring (bicyclic) bond motifs is 1. The SMILES string of the molecule is Cc1ccc2c(-c3ccc(F)cc3)c(C3CCOCC3)ncc2c1. The first-order valence-corrected chi connectivity index (χ1v) is 8.45. The Morgan fingerprint density at radius 1 is 1.04 bits per heavy atom. The lowest BCUT2D eigenvalue weighted by molar-refractivity contribution is 0.0846. The second-order valence-electron chi connectivity index (χ2n) is 6.50. The normalized spacial score (nSPS) is 15.8. The van der Waals surface area contributed by atoms with Gasteiger partial charge in [-0.25, -0.2) is 4.39 Å². The molecule has 122 valence electrons. The van der Waals surface area contributed by atoms with E-state index in [0.717, 1.165) is 48.3 Å². The van der Waals surface area contributed by atoms with E-state index in [1.165, 1.54) is 23.1 Å². The van der Waals surface area contributed by atoms with E-state index >= 15 is 0 Å². The van der Waals surface area contributed by atoms with Crippen molar-refractivity contribution in [2.45, 2.75) is 25.7 Å². The lowest BCUT2D eigenvalue weighted by atomic mass is 9.87. The highest BCUT2D eigenvalue weighted by Gasteiger charge is 2.22. The molecule has 1 saturated heterocycles. The first-order valence-electron chi connectivity index (χ1n) is 8.45. The van der Waals surface area contributed by atoms with Crippen LogP contribution < -0.4 is 0 Å². The number of hydrogen-bond acceptors (Lipinski definition) is 2. The van der Waals surface area contributed by atoms with Crippen molar-refractivity contribution in [3.05, 3.63) is 65.7 Å². The van der Waals surface area contributed by atoms with Gasteiger partial charge >= 0.3 is 0 Å². The van der Waals surface area contributed by atoms with Crippen molar-refractivity contribution in [3.63, 3.8) is 0 Å². The number of nitrogens with zero attached hydrogens (tertiary/aromatic N) is 1. The molecule has 1 aromatic heterocycles. The van der Waals surface area contributed by atoms with Gasteiger partial charge in [-0.1, -0.05) is 29.8 Å². The van der Waals surface area contributed by atoms with Gasteiger partial charge < -0.3 is 4.74 Å². The summed E-state index contributed by atoms with van der Waals surface area (Å²) in [6.45, 7) is 3.64. The molecule has 3 heteroatoms. The molecular weight excluding hydrogens is 301 g/mol. The minimum atomic E-state index is -0.213. The van der Waals surface area contributed by atoms with Crippen LogP contribution in [0.15, 0.2) is 48.7 Å². The first-order chi connectivity index (χ1) is 11.7. The molecule has 24 heavy (non-hydrogen) atoms. The molecule has 0 atom stereocenters. The molecule has 1 aliphatic rings. The molecule has 2 aromatic carbocycles. The Morgan fingerprint density at radius 2 is 1.79 bits per heavy atom. The van der Waals surface area contributed by atoms with E-state index < -0.39 is 0 Å². The molecule has 0 saturated carbocycles. The van der Waals surface area contributed by atoms with E-state index in [1.807, 2.05) is 18.3 Å². The largest absolute Gasteiger partial charge is 0.381 e. The molecule has 1 fully saturated rings. The predicted octanol–water partition coefficient (Wildman–Crippen LogP) is 5.24. The Labute approximate surface area is 141 Å². The number of hydrogen-bond donors (Lipinski definition) is 0. The molecule has 2 nitrogen and oxygen atoms in total. The fourth-order valence-corrected chi connectivity index (χ4v) is 3.56. The van der Waals surface area contributed by atoms with Gasteiger partial charge in [-0.3, -0.25) is 4.98 Å². The van der Waals surface area contributed by atoms with Gasteiger partial charge in [0.05, 0.1) is 5.69 Å². The van der Waals surface area contributed by atoms with E-state index in [9.17, 15) is 4.39 Å². The van der Waals surface area contributed by atoms with Gasteiger partial charge in [-0.2, -0.15) is 0 Å².